The molecule has 134 valence electrons. The molecular weight excluding hydrogens is 332 g/mol. The Labute approximate surface area is 158 Å². The van der Waals surface area contributed by atoms with Gasteiger partial charge in [0.25, 0.3) is 0 Å². The summed E-state index contributed by atoms with van der Waals surface area (Å²) in [5, 5.41) is 6.20. The van der Waals surface area contributed by atoms with Crippen LogP contribution in [0.3, 0.4) is 0 Å². The molecule has 4 heteroatoms. The van der Waals surface area contributed by atoms with E-state index < -0.39 is 0 Å². The molecule has 5 rings (SSSR count). The summed E-state index contributed by atoms with van der Waals surface area (Å²) in [4.78, 5) is 4.74. The summed E-state index contributed by atoms with van der Waals surface area (Å²) in [6.07, 6.45) is 0. The number of imidazole rings is 1. The van der Waals surface area contributed by atoms with Gasteiger partial charge in [-0.2, -0.15) is 0 Å². The molecule has 3 aromatic carbocycles. The van der Waals surface area contributed by atoms with E-state index in [2.05, 4.69) is 83.0 Å². The molecule has 0 atom stereocenters. The SMILES string of the molecule is CCn1c2ccccc2c2c(CNc3nc4ccccc4n3C)cccc21. The van der Waals surface area contributed by atoms with Crippen LogP contribution in [0.1, 0.15) is 12.5 Å². The second kappa shape index (κ2) is 6.16. The normalized spacial score (nSPS) is 11.6. The predicted molar refractivity (Wildman–Crippen MR) is 113 cm³/mol. The van der Waals surface area contributed by atoms with Gasteiger partial charge in [0.15, 0.2) is 0 Å². The third kappa shape index (κ3) is 2.40. The zero-order valence-corrected chi connectivity index (χ0v) is 15.6. The van der Waals surface area contributed by atoms with Crippen LogP contribution in [0, 0.1) is 0 Å². The molecule has 0 amide bonds. The summed E-state index contributed by atoms with van der Waals surface area (Å²) < 4.78 is 4.51. The molecule has 2 heterocycles. The van der Waals surface area contributed by atoms with Crippen molar-refractivity contribution < 1.29 is 0 Å². The topological polar surface area (TPSA) is 34.8 Å². The number of aromatic nitrogens is 3. The van der Waals surface area contributed by atoms with Crippen molar-refractivity contribution in [2.75, 3.05) is 5.32 Å². The minimum absolute atomic E-state index is 0.742. The lowest BCUT2D eigenvalue weighted by Crippen LogP contribution is -2.05. The van der Waals surface area contributed by atoms with Gasteiger partial charge in [0.05, 0.1) is 11.0 Å². The molecule has 0 radical (unpaired) electrons. The quantitative estimate of drug-likeness (QED) is 0.474. The van der Waals surface area contributed by atoms with E-state index >= 15 is 0 Å². The highest BCUT2D eigenvalue weighted by Crippen LogP contribution is 2.32. The molecule has 0 aliphatic heterocycles. The Morgan fingerprint density at radius 3 is 2.41 bits per heavy atom. The van der Waals surface area contributed by atoms with Crippen molar-refractivity contribution >= 4 is 38.8 Å². The van der Waals surface area contributed by atoms with Crippen molar-refractivity contribution in [2.45, 2.75) is 20.0 Å². The molecule has 0 fully saturated rings. The standard InChI is InChI=1S/C23H22N4/c1-3-27-19-12-6-4-10-17(19)22-16(9-8-14-21(22)27)15-24-23-25-18-11-5-7-13-20(18)26(23)2/h4-14H,3,15H2,1-2H3,(H,24,25). The van der Waals surface area contributed by atoms with Crippen LogP contribution in [0.15, 0.2) is 66.7 Å². The van der Waals surface area contributed by atoms with Gasteiger partial charge in [-0.1, -0.05) is 42.5 Å². The Kier molecular flexibility index (Phi) is 3.64. The zero-order valence-electron chi connectivity index (χ0n) is 15.6. The molecule has 0 aliphatic rings. The Bertz CT molecular complexity index is 1280. The number of aryl methyl sites for hydroxylation is 2. The second-order valence-corrected chi connectivity index (χ2v) is 6.91. The number of fused-ring (bicyclic) bond motifs is 4. The maximum Gasteiger partial charge on any atom is 0.203 e. The van der Waals surface area contributed by atoms with Crippen LogP contribution in [0.25, 0.3) is 32.8 Å². The summed E-state index contributed by atoms with van der Waals surface area (Å²) in [6.45, 7) is 3.91. The highest BCUT2D eigenvalue weighted by molar-refractivity contribution is 6.09. The second-order valence-electron chi connectivity index (χ2n) is 6.91. The Balaban J connectivity index is 1.60. The Morgan fingerprint density at radius 2 is 1.59 bits per heavy atom. The van der Waals surface area contributed by atoms with E-state index in [1.807, 2.05) is 12.1 Å². The maximum atomic E-state index is 4.74. The first-order chi connectivity index (χ1) is 13.3. The van der Waals surface area contributed by atoms with Crippen molar-refractivity contribution in [3.63, 3.8) is 0 Å². The molecule has 5 aromatic rings. The number of para-hydroxylation sites is 3. The van der Waals surface area contributed by atoms with E-state index in [1.54, 1.807) is 0 Å². The van der Waals surface area contributed by atoms with Gasteiger partial charge in [0.2, 0.25) is 5.95 Å². The molecule has 0 saturated heterocycles. The van der Waals surface area contributed by atoms with E-state index in [-0.39, 0.29) is 0 Å². The zero-order chi connectivity index (χ0) is 18.4. The van der Waals surface area contributed by atoms with E-state index in [4.69, 9.17) is 4.98 Å². The van der Waals surface area contributed by atoms with Gasteiger partial charge in [-0.25, -0.2) is 4.98 Å². The van der Waals surface area contributed by atoms with Gasteiger partial charge in [-0.3, -0.25) is 0 Å². The van der Waals surface area contributed by atoms with Gasteiger partial charge in [0, 0.05) is 41.9 Å². The van der Waals surface area contributed by atoms with Crippen LogP contribution in [0.5, 0.6) is 0 Å². The fourth-order valence-corrected chi connectivity index (χ4v) is 4.14. The van der Waals surface area contributed by atoms with Crippen molar-refractivity contribution in [1.29, 1.82) is 0 Å². The Morgan fingerprint density at radius 1 is 0.852 bits per heavy atom. The predicted octanol–water partition coefficient (Wildman–Crippen LogP) is 5.31. The van der Waals surface area contributed by atoms with Crippen molar-refractivity contribution in [3.8, 4) is 0 Å². The smallest absolute Gasteiger partial charge is 0.203 e. The highest BCUT2D eigenvalue weighted by atomic mass is 15.2. The number of hydrogen-bond donors (Lipinski definition) is 1. The summed E-state index contributed by atoms with van der Waals surface area (Å²) in [5.41, 5.74) is 6.04. The summed E-state index contributed by atoms with van der Waals surface area (Å²) in [6, 6.07) is 23.5. The minimum Gasteiger partial charge on any atom is -0.352 e. The molecule has 1 N–H and O–H groups in total. The molecule has 4 nitrogen and oxygen atoms in total. The average Bonchev–Trinajstić information content (AvgIpc) is 3.21. The van der Waals surface area contributed by atoms with Gasteiger partial charge >= 0.3 is 0 Å². The lowest BCUT2D eigenvalue weighted by Gasteiger charge is -2.09. The van der Waals surface area contributed by atoms with Crippen LogP contribution < -0.4 is 5.32 Å². The van der Waals surface area contributed by atoms with Gasteiger partial charge in [-0.15, -0.1) is 0 Å². The van der Waals surface area contributed by atoms with Crippen LogP contribution in [-0.4, -0.2) is 14.1 Å². The summed E-state index contributed by atoms with van der Waals surface area (Å²) >= 11 is 0. The molecule has 0 aliphatic carbocycles. The van der Waals surface area contributed by atoms with E-state index in [0.717, 1.165) is 30.1 Å². The summed E-state index contributed by atoms with van der Waals surface area (Å²) in [5.74, 6) is 0.896. The number of rotatable bonds is 4. The van der Waals surface area contributed by atoms with Crippen LogP contribution >= 0.6 is 0 Å². The van der Waals surface area contributed by atoms with Crippen LogP contribution in [0.4, 0.5) is 5.95 Å². The van der Waals surface area contributed by atoms with E-state index in [1.165, 1.54) is 27.4 Å². The average molecular weight is 354 g/mol. The first-order valence-corrected chi connectivity index (χ1v) is 9.42. The molecule has 2 aromatic heterocycles. The van der Waals surface area contributed by atoms with Crippen molar-refractivity contribution in [1.82, 2.24) is 14.1 Å². The highest BCUT2D eigenvalue weighted by Gasteiger charge is 2.13. The van der Waals surface area contributed by atoms with E-state index in [0.29, 0.717) is 0 Å². The number of nitrogens with zero attached hydrogens (tertiary/aromatic N) is 3. The van der Waals surface area contributed by atoms with Gasteiger partial charge in [-0.05, 0) is 36.8 Å². The third-order valence-corrected chi connectivity index (χ3v) is 5.42. The van der Waals surface area contributed by atoms with Gasteiger partial charge < -0.3 is 14.5 Å². The van der Waals surface area contributed by atoms with Crippen molar-refractivity contribution in [2.24, 2.45) is 7.05 Å². The lowest BCUT2D eigenvalue weighted by molar-refractivity contribution is 0.827. The third-order valence-electron chi connectivity index (χ3n) is 5.42. The molecular formula is C23H22N4. The van der Waals surface area contributed by atoms with Crippen LogP contribution in [-0.2, 0) is 20.1 Å². The molecule has 0 bridgehead atoms. The first-order valence-electron chi connectivity index (χ1n) is 9.42. The number of nitrogens with one attached hydrogen (secondary N) is 1. The molecule has 0 spiro atoms. The largest absolute Gasteiger partial charge is 0.352 e. The molecule has 27 heavy (non-hydrogen) atoms. The number of benzene rings is 3. The first kappa shape index (κ1) is 15.9. The van der Waals surface area contributed by atoms with Gasteiger partial charge in [0.1, 0.15) is 0 Å². The number of hydrogen-bond acceptors (Lipinski definition) is 2. The fraction of sp³-hybridized carbons (Fsp3) is 0.174. The maximum absolute atomic E-state index is 4.74. The Hall–Kier alpha value is -3.27. The van der Waals surface area contributed by atoms with Crippen molar-refractivity contribution in [3.05, 3.63) is 72.3 Å². The summed E-state index contributed by atoms with van der Waals surface area (Å²) in [7, 11) is 2.06. The fourth-order valence-electron chi connectivity index (χ4n) is 4.14. The monoisotopic (exact) mass is 354 g/mol. The van der Waals surface area contributed by atoms with E-state index in [9.17, 15) is 0 Å². The minimum atomic E-state index is 0.742. The van der Waals surface area contributed by atoms with Crippen LogP contribution in [0.2, 0.25) is 0 Å². The molecule has 0 saturated carbocycles. The molecule has 0 unspecified atom stereocenters. The lowest BCUT2D eigenvalue weighted by atomic mass is 10.1. The number of anilines is 1.